The Hall–Kier alpha value is -0.620. The van der Waals surface area contributed by atoms with Gasteiger partial charge in [-0.1, -0.05) is 0 Å². The zero-order valence-corrected chi connectivity index (χ0v) is 12.5. The van der Waals surface area contributed by atoms with Crippen LogP contribution in [0.1, 0.15) is 51.4 Å². The van der Waals surface area contributed by atoms with Gasteiger partial charge in [0.2, 0.25) is 0 Å². The van der Waals surface area contributed by atoms with Gasteiger partial charge in [-0.3, -0.25) is 4.79 Å². The molecule has 1 atom stereocenters. The second-order valence-corrected chi connectivity index (χ2v) is 9.16. The van der Waals surface area contributed by atoms with E-state index in [4.69, 9.17) is 9.84 Å². The highest BCUT2D eigenvalue weighted by molar-refractivity contribution is 7.92. The van der Waals surface area contributed by atoms with Gasteiger partial charge in [-0.15, -0.1) is 0 Å². The summed E-state index contributed by atoms with van der Waals surface area (Å²) in [6.45, 7) is 0.524. The highest BCUT2D eigenvalue weighted by Crippen LogP contribution is 2.51. The van der Waals surface area contributed by atoms with E-state index in [0.717, 1.165) is 32.1 Å². The summed E-state index contributed by atoms with van der Waals surface area (Å²) in [5.41, 5.74) is -0.657. The molecule has 1 unspecified atom stereocenters. The molecule has 6 heteroatoms. The van der Waals surface area contributed by atoms with Gasteiger partial charge >= 0.3 is 5.97 Å². The summed E-state index contributed by atoms with van der Waals surface area (Å²) in [6, 6.07) is 0. The summed E-state index contributed by atoms with van der Waals surface area (Å²) in [5, 5.41) is 8.58. The van der Waals surface area contributed by atoms with Crippen molar-refractivity contribution in [1.82, 2.24) is 0 Å². The quantitative estimate of drug-likeness (QED) is 0.837. The van der Waals surface area contributed by atoms with E-state index in [2.05, 4.69) is 0 Å². The Morgan fingerprint density at radius 3 is 2.45 bits per heavy atom. The molecule has 3 rings (SSSR count). The van der Waals surface area contributed by atoms with E-state index in [1.807, 2.05) is 0 Å². The average molecular weight is 302 g/mol. The molecule has 114 valence electrons. The van der Waals surface area contributed by atoms with E-state index < -0.39 is 21.2 Å². The van der Waals surface area contributed by atoms with Crippen LogP contribution in [-0.2, 0) is 19.4 Å². The van der Waals surface area contributed by atoms with Gasteiger partial charge in [0.15, 0.2) is 9.84 Å². The molecule has 2 saturated carbocycles. The van der Waals surface area contributed by atoms with Crippen molar-refractivity contribution in [1.29, 1.82) is 0 Å². The van der Waals surface area contributed by atoms with Crippen molar-refractivity contribution >= 4 is 15.8 Å². The summed E-state index contributed by atoms with van der Waals surface area (Å²) in [7, 11) is -3.21. The zero-order chi connectivity index (χ0) is 14.4. The average Bonchev–Trinajstić information content (AvgIpc) is 3.04. The molecule has 1 saturated heterocycles. The molecule has 3 aliphatic rings. The van der Waals surface area contributed by atoms with Crippen molar-refractivity contribution in [3.05, 3.63) is 0 Å². The molecule has 0 aromatic carbocycles. The number of hydrogen-bond acceptors (Lipinski definition) is 4. The SMILES string of the molecule is O=C(O)CC1(CS(=O)(=O)C2CCOC3(CCC3)C2)CC1. The van der Waals surface area contributed by atoms with Crippen LogP contribution >= 0.6 is 0 Å². The molecule has 3 fully saturated rings. The Balaban J connectivity index is 1.67. The fraction of sp³-hybridized carbons (Fsp3) is 0.929. The normalized spacial score (nSPS) is 30.7. The van der Waals surface area contributed by atoms with Crippen molar-refractivity contribution in [3.63, 3.8) is 0 Å². The van der Waals surface area contributed by atoms with Gasteiger partial charge in [-0.2, -0.15) is 0 Å². The second kappa shape index (κ2) is 4.70. The summed E-state index contributed by atoms with van der Waals surface area (Å²) in [4.78, 5) is 10.9. The van der Waals surface area contributed by atoms with E-state index in [0.29, 0.717) is 19.4 Å². The van der Waals surface area contributed by atoms with Crippen LogP contribution in [0, 0.1) is 5.41 Å². The van der Waals surface area contributed by atoms with Crippen molar-refractivity contribution in [3.8, 4) is 0 Å². The lowest BCUT2D eigenvalue weighted by atomic mass is 9.75. The van der Waals surface area contributed by atoms with Gasteiger partial charge in [0.05, 0.1) is 23.0 Å². The lowest BCUT2D eigenvalue weighted by Gasteiger charge is -2.47. The molecule has 2 aliphatic carbocycles. The number of aliphatic carboxylic acids is 1. The summed E-state index contributed by atoms with van der Waals surface area (Å²) < 4.78 is 31.0. The highest BCUT2D eigenvalue weighted by Gasteiger charge is 2.51. The van der Waals surface area contributed by atoms with E-state index in [9.17, 15) is 13.2 Å². The van der Waals surface area contributed by atoms with Gasteiger partial charge in [0, 0.05) is 6.61 Å². The molecule has 1 N–H and O–H groups in total. The molecular weight excluding hydrogens is 280 g/mol. The smallest absolute Gasteiger partial charge is 0.303 e. The Morgan fingerprint density at radius 2 is 1.95 bits per heavy atom. The molecule has 20 heavy (non-hydrogen) atoms. The van der Waals surface area contributed by atoms with Gasteiger partial charge in [0.1, 0.15) is 0 Å². The van der Waals surface area contributed by atoms with Crippen LogP contribution in [0.2, 0.25) is 0 Å². The monoisotopic (exact) mass is 302 g/mol. The lowest BCUT2D eigenvalue weighted by Crippen LogP contribution is -2.49. The van der Waals surface area contributed by atoms with Crippen LogP contribution in [0.25, 0.3) is 0 Å². The Bertz CT molecular complexity index is 502. The number of rotatable bonds is 5. The minimum absolute atomic E-state index is 0.0133. The third-order valence-corrected chi connectivity index (χ3v) is 7.64. The van der Waals surface area contributed by atoms with Crippen LogP contribution in [0.4, 0.5) is 0 Å². The van der Waals surface area contributed by atoms with Crippen LogP contribution < -0.4 is 0 Å². The van der Waals surface area contributed by atoms with Crippen molar-refractivity contribution in [2.75, 3.05) is 12.4 Å². The van der Waals surface area contributed by atoms with E-state index in [1.54, 1.807) is 0 Å². The molecule has 5 nitrogen and oxygen atoms in total. The summed E-state index contributed by atoms with van der Waals surface area (Å²) in [6.07, 6.45) is 5.68. The van der Waals surface area contributed by atoms with Crippen LogP contribution in [-0.4, -0.2) is 42.7 Å². The largest absolute Gasteiger partial charge is 0.481 e. The number of ether oxygens (including phenoxy) is 1. The molecule has 1 heterocycles. The van der Waals surface area contributed by atoms with Crippen molar-refractivity contribution in [2.45, 2.75) is 62.2 Å². The molecule has 1 aliphatic heterocycles. The second-order valence-electron chi connectivity index (χ2n) is 6.88. The number of carbonyl (C=O) groups is 1. The fourth-order valence-electron chi connectivity index (χ4n) is 3.62. The first-order chi connectivity index (χ1) is 9.35. The van der Waals surface area contributed by atoms with Crippen molar-refractivity contribution in [2.24, 2.45) is 5.41 Å². The Kier molecular flexibility index (Phi) is 3.36. The fourth-order valence-corrected chi connectivity index (χ4v) is 6.12. The topological polar surface area (TPSA) is 80.7 Å². The standard InChI is InChI=1S/C14H22O5S/c15-12(16)9-13(5-6-13)10-20(17,18)11-2-7-19-14(8-11)3-1-4-14/h11H,1-10H2,(H,15,16). The molecule has 0 aromatic rings. The maximum absolute atomic E-state index is 12.6. The third-order valence-electron chi connectivity index (χ3n) is 5.21. The molecule has 0 radical (unpaired) electrons. The van der Waals surface area contributed by atoms with Gasteiger partial charge < -0.3 is 9.84 Å². The minimum atomic E-state index is -3.21. The molecule has 0 aromatic heterocycles. The molecular formula is C14H22O5S. The molecule has 1 spiro atoms. The highest BCUT2D eigenvalue weighted by atomic mass is 32.2. The number of sulfone groups is 1. The minimum Gasteiger partial charge on any atom is -0.481 e. The van der Waals surface area contributed by atoms with E-state index in [-0.39, 0.29) is 23.0 Å². The maximum atomic E-state index is 12.6. The Labute approximate surface area is 119 Å². The first-order valence-corrected chi connectivity index (χ1v) is 9.14. The maximum Gasteiger partial charge on any atom is 0.303 e. The number of hydrogen-bond donors (Lipinski definition) is 1. The van der Waals surface area contributed by atoms with Gasteiger partial charge in [0.25, 0.3) is 0 Å². The van der Waals surface area contributed by atoms with Gasteiger partial charge in [-0.25, -0.2) is 8.42 Å². The first-order valence-electron chi connectivity index (χ1n) is 7.42. The summed E-state index contributed by atoms with van der Waals surface area (Å²) >= 11 is 0. The van der Waals surface area contributed by atoms with Crippen LogP contribution in [0.3, 0.4) is 0 Å². The number of carboxylic acid groups (broad SMARTS) is 1. The predicted molar refractivity (Wildman–Crippen MR) is 73.3 cm³/mol. The third kappa shape index (κ3) is 2.72. The number of carboxylic acids is 1. The molecule has 0 amide bonds. The zero-order valence-electron chi connectivity index (χ0n) is 11.6. The van der Waals surface area contributed by atoms with E-state index in [1.165, 1.54) is 0 Å². The van der Waals surface area contributed by atoms with Gasteiger partial charge in [-0.05, 0) is 50.4 Å². The van der Waals surface area contributed by atoms with Crippen LogP contribution in [0.15, 0.2) is 0 Å². The lowest BCUT2D eigenvalue weighted by molar-refractivity contribution is -0.138. The summed E-state index contributed by atoms with van der Waals surface area (Å²) in [5.74, 6) is -0.840. The van der Waals surface area contributed by atoms with E-state index >= 15 is 0 Å². The first kappa shape index (κ1) is 14.3. The van der Waals surface area contributed by atoms with Crippen LogP contribution in [0.5, 0.6) is 0 Å². The molecule has 0 bridgehead atoms. The van der Waals surface area contributed by atoms with Crippen molar-refractivity contribution < 1.29 is 23.1 Å². The Morgan fingerprint density at radius 1 is 1.25 bits per heavy atom. The predicted octanol–water partition coefficient (Wildman–Crippen LogP) is 1.76.